The number of morpholine rings is 1. The van der Waals surface area contributed by atoms with Gasteiger partial charge in [0.15, 0.2) is 0 Å². The lowest BCUT2D eigenvalue weighted by Gasteiger charge is -2.26. The van der Waals surface area contributed by atoms with Gasteiger partial charge in [0.2, 0.25) is 5.91 Å². The molecule has 3 rings (SSSR count). The van der Waals surface area contributed by atoms with Crippen LogP contribution in [0.3, 0.4) is 0 Å². The molecule has 6 heteroatoms. The van der Waals surface area contributed by atoms with E-state index in [2.05, 4.69) is 5.10 Å². The molecule has 2 aromatic rings. The van der Waals surface area contributed by atoms with E-state index < -0.39 is 0 Å². The van der Waals surface area contributed by atoms with Crippen molar-refractivity contribution in [3.8, 4) is 11.1 Å². The summed E-state index contributed by atoms with van der Waals surface area (Å²) in [4.78, 5) is 13.9. The zero-order valence-electron chi connectivity index (χ0n) is 12.9. The average Bonchev–Trinajstić information content (AvgIpc) is 3.05. The molecule has 2 heterocycles. The highest BCUT2D eigenvalue weighted by Crippen LogP contribution is 2.18. The quantitative estimate of drug-likeness (QED) is 0.850. The molecule has 0 atom stereocenters. The van der Waals surface area contributed by atoms with Crippen LogP contribution in [0.1, 0.15) is 12.8 Å². The molecule has 0 N–H and O–H groups in total. The van der Waals surface area contributed by atoms with Crippen LogP contribution in [-0.4, -0.2) is 46.9 Å². The van der Waals surface area contributed by atoms with E-state index in [1.807, 2.05) is 15.8 Å². The van der Waals surface area contributed by atoms with Gasteiger partial charge in [-0.15, -0.1) is 0 Å². The van der Waals surface area contributed by atoms with Crippen molar-refractivity contribution in [2.45, 2.75) is 19.4 Å². The Labute approximate surface area is 134 Å². The predicted molar refractivity (Wildman–Crippen MR) is 84.3 cm³/mol. The molecule has 1 aromatic carbocycles. The zero-order valence-corrected chi connectivity index (χ0v) is 12.9. The van der Waals surface area contributed by atoms with E-state index in [0.717, 1.165) is 17.5 Å². The van der Waals surface area contributed by atoms with Gasteiger partial charge in [0.25, 0.3) is 0 Å². The Morgan fingerprint density at radius 3 is 2.65 bits per heavy atom. The van der Waals surface area contributed by atoms with Crippen LogP contribution in [0.15, 0.2) is 36.7 Å². The Bertz CT molecular complexity index is 648. The first-order valence-corrected chi connectivity index (χ1v) is 7.86. The molecular formula is C17H20FN3O2. The van der Waals surface area contributed by atoms with Gasteiger partial charge in [-0.05, 0) is 24.1 Å². The minimum absolute atomic E-state index is 0.180. The summed E-state index contributed by atoms with van der Waals surface area (Å²) in [5, 5.41) is 4.30. The summed E-state index contributed by atoms with van der Waals surface area (Å²) in [7, 11) is 0. The maximum absolute atomic E-state index is 12.9. The monoisotopic (exact) mass is 317 g/mol. The van der Waals surface area contributed by atoms with Crippen LogP contribution >= 0.6 is 0 Å². The van der Waals surface area contributed by atoms with Crippen LogP contribution in [-0.2, 0) is 16.1 Å². The average molecular weight is 317 g/mol. The lowest BCUT2D eigenvalue weighted by molar-refractivity contribution is -0.135. The maximum Gasteiger partial charge on any atom is 0.222 e. The van der Waals surface area contributed by atoms with E-state index in [4.69, 9.17) is 4.74 Å². The van der Waals surface area contributed by atoms with Crippen molar-refractivity contribution in [3.05, 3.63) is 42.5 Å². The minimum Gasteiger partial charge on any atom is -0.378 e. The highest BCUT2D eigenvalue weighted by atomic mass is 19.1. The standard InChI is InChI=1S/C17H20FN3O2/c18-16-5-3-14(4-6-16)15-12-19-21(13-15)7-1-2-17(22)20-8-10-23-11-9-20/h3-6,12-13H,1-2,7-11H2. The Morgan fingerprint density at radius 1 is 1.17 bits per heavy atom. The van der Waals surface area contributed by atoms with Gasteiger partial charge >= 0.3 is 0 Å². The van der Waals surface area contributed by atoms with E-state index >= 15 is 0 Å². The summed E-state index contributed by atoms with van der Waals surface area (Å²) in [6.07, 6.45) is 4.95. The number of aryl methyl sites for hydroxylation is 1. The van der Waals surface area contributed by atoms with Crippen LogP contribution in [0.25, 0.3) is 11.1 Å². The van der Waals surface area contributed by atoms with Gasteiger partial charge < -0.3 is 9.64 Å². The van der Waals surface area contributed by atoms with Gasteiger partial charge in [-0.25, -0.2) is 4.39 Å². The van der Waals surface area contributed by atoms with Crippen LogP contribution < -0.4 is 0 Å². The number of hydrogen-bond donors (Lipinski definition) is 0. The molecule has 23 heavy (non-hydrogen) atoms. The molecule has 1 amide bonds. The fourth-order valence-electron chi connectivity index (χ4n) is 2.64. The van der Waals surface area contributed by atoms with Crippen molar-refractivity contribution < 1.29 is 13.9 Å². The molecule has 1 saturated heterocycles. The molecular weight excluding hydrogens is 297 g/mol. The van der Waals surface area contributed by atoms with Crippen LogP contribution in [0.5, 0.6) is 0 Å². The second kappa shape index (κ2) is 7.37. The van der Waals surface area contributed by atoms with E-state index in [0.29, 0.717) is 39.3 Å². The first kappa shape index (κ1) is 15.7. The third-order valence-corrected chi connectivity index (χ3v) is 3.95. The molecule has 0 radical (unpaired) electrons. The number of ether oxygens (including phenoxy) is 1. The van der Waals surface area contributed by atoms with Gasteiger partial charge in [-0.2, -0.15) is 5.10 Å². The molecule has 1 fully saturated rings. The molecule has 122 valence electrons. The third kappa shape index (κ3) is 4.16. The second-order valence-corrected chi connectivity index (χ2v) is 5.60. The topological polar surface area (TPSA) is 47.4 Å². The van der Waals surface area contributed by atoms with Crippen molar-refractivity contribution in [2.24, 2.45) is 0 Å². The lowest BCUT2D eigenvalue weighted by Crippen LogP contribution is -2.40. The summed E-state index contributed by atoms with van der Waals surface area (Å²) in [5.41, 5.74) is 1.88. The number of amides is 1. The molecule has 0 unspecified atom stereocenters. The maximum atomic E-state index is 12.9. The number of carbonyl (C=O) groups excluding carboxylic acids is 1. The minimum atomic E-state index is -0.247. The summed E-state index contributed by atoms with van der Waals surface area (Å²) in [5.74, 6) is -0.0676. The van der Waals surface area contributed by atoms with Gasteiger partial charge in [0.05, 0.1) is 19.4 Å². The van der Waals surface area contributed by atoms with Crippen LogP contribution in [0, 0.1) is 5.82 Å². The van der Waals surface area contributed by atoms with Crippen LogP contribution in [0.2, 0.25) is 0 Å². The van der Waals surface area contributed by atoms with Crippen molar-refractivity contribution in [2.75, 3.05) is 26.3 Å². The summed E-state index contributed by atoms with van der Waals surface area (Å²) in [6.45, 7) is 3.33. The Balaban J connectivity index is 1.49. The molecule has 0 bridgehead atoms. The van der Waals surface area contributed by atoms with Gasteiger partial charge in [0, 0.05) is 37.8 Å². The fraction of sp³-hybridized carbons (Fsp3) is 0.412. The van der Waals surface area contributed by atoms with Crippen molar-refractivity contribution in [1.82, 2.24) is 14.7 Å². The summed E-state index contributed by atoms with van der Waals surface area (Å²) < 4.78 is 20.0. The number of halogens is 1. The fourth-order valence-corrected chi connectivity index (χ4v) is 2.64. The summed E-state index contributed by atoms with van der Waals surface area (Å²) >= 11 is 0. The SMILES string of the molecule is O=C(CCCn1cc(-c2ccc(F)cc2)cn1)N1CCOCC1. The Hall–Kier alpha value is -2.21. The highest BCUT2D eigenvalue weighted by Gasteiger charge is 2.16. The predicted octanol–water partition coefficient (Wildman–Crippen LogP) is 2.33. The first-order valence-electron chi connectivity index (χ1n) is 7.86. The van der Waals surface area contributed by atoms with E-state index in [1.54, 1.807) is 18.3 Å². The molecule has 1 aliphatic rings. The Morgan fingerprint density at radius 2 is 1.91 bits per heavy atom. The molecule has 0 saturated carbocycles. The van der Waals surface area contributed by atoms with Crippen molar-refractivity contribution in [3.63, 3.8) is 0 Å². The van der Waals surface area contributed by atoms with E-state index in [1.165, 1.54) is 12.1 Å². The third-order valence-electron chi connectivity index (χ3n) is 3.95. The largest absolute Gasteiger partial charge is 0.378 e. The van der Waals surface area contributed by atoms with Gasteiger partial charge in [-0.1, -0.05) is 12.1 Å². The number of nitrogens with zero attached hydrogens (tertiary/aromatic N) is 3. The van der Waals surface area contributed by atoms with Gasteiger partial charge in [-0.3, -0.25) is 9.48 Å². The number of aromatic nitrogens is 2. The Kier molecular flexibility index (Phi) is 5.02. The van der Waals surface area contributed by atoms with Crippen molar-refractivity contribution in [1.29, 1.82) is 0 Å². The van der Waals surface area contributed by atoms with Crippen LogP contribution in [0.4, 0.5) is 4.39 Å². The van der Waals surface area contributed by atoms with Gasteiger partial charge in [0.1, 0.15) is 5.82 Å². The zero-order chi connectivity index (χ0) is 16.1. The highest BCUT2D eigenvalue weighted by molar-refractivity contribution is 5.76. The lowest BCUT2D eigenvalue weighted by atomic mass is 10.1. The molecule has 0 spiro atoms. The second-order valence-electron chi connectivity index (χ2n) is 5.60. The molecule has 1 aromatic heterocycles. The number of carbonyl (C=O) groups is 1. The molecule has 5 nitrogen and oxygen atoms in total. The van der Waals surface area contributed by atoms with Crippen molar-refractivity contribution >= 4 is 5.91 Å². The first-order chi connectivity index (χ1) is 11.2. The summed E-state index contributed by atoms with van der Waals surface area (Å²) in [6, 6.07) is 6.35. The number of hydrogen-bond acceptors (Lipinski definition) is 3. The smallest absolute Gasteiger partial charge is 0.222 e. The number of rotatable bonds is 5. The molecule has 0 aliphatic carbocycles. The normalized spacial score (nSPS) is 14.9. The number of benzene rings is 1. The molecule has 1 aliphatic heterocycles. The van der Waals surface area contributed by atoms with E-state index in [9.17, 15) is 9.18 Å². The van der Waals surface area contributed by atoms with E-state index in [-0.39, 0.29) is 11.7 Å².